The van der Waals surface area contributed by atoms with Crippen LogP contribution in [-0.4, -0.2) is 34.3 Å². The van der Waals surface area contributed by atoms with Gasteiger partial charge < -0.3 is 10.6 Å². The van der Waals surface area contributed by atoms with E-state index in [1.807, 2.05) is 0 Å². The van der Waals surface area contributed by atoms with Crippen LogP contribution in [-0.2, 0) is 11.0 Å². The largest absolute Gasteiger partial charge is 0.416 e. The summed E-state index contributed by atoms with van der Waals surface area (Å²) in [7, 11) is 0. The molecule has 0 saturated carbocycles. The third kappa shape index (κ3) is 4.57. The van der Waals surface area contributed by atoms with Crippen LogP contribution in [0.1, 0.15) is 15.9 Å². The smallest absolute Gasteiger partial charge is 0.383 e. The molecule has 9 heteroatoms. The number of benzene rings is 1. The van der Waals surface area contributed by atoms with Gasteiger partial charge in [0.1, 0.15) is 0 Å². The fraction of sp³-hybridized carbons (Fsp3) is 0.385. The van der Waals surface area contributed by atoms with Crippen molar-refractivity contribution < 1.29 is 22.8 Å². The van der Waals surface area contributed by atoms with Crippen LogP contribution in [0.2, 0.25) is 0 Å². The lowest BCUT2D eigenvalue weighted by molar-refractivity contribution is -0.137. The number of hydrogen-bond donors (Lipinski definition) is 1. The van der Waals surface area contributed by atoms with E-state index in [1.54, 1.807) is 23.5 Å². The highest BCUT2D eigenvalue weighted by atomic mass is 32.2. The van der Waals surface area contributed by atoms with E-state index in [2.05, 4.69) is 9.99 Å². The number of nitrogens with two attached hydrogens (primary N) is 1. The number of hydrogen-bond acceptors (Lipinski definition) is 5. The number of nitrogens with zero attached hydrogens (tertiary/aromatic N) is 1. The van der Waals surface area contributed by atoms with Crippen LogP contribution in [0.4, 0.5) is 13.2 Å². The number of thioether (sulfide) groups is 2. The van der Waals surface area contributed by atoms with Gasteiger partial charge in [-0.05, 0) is 18.2 Å². The van der Waals surface area contributed by atoms with Crippen LogP contribution in [0.5, 0.6) is 0 Å². The van der Waals surface area contributed by atoms with Crippen molar-refractivity contribution in [1.29, 1.82) is 0 Å². The summed E-state index contributed by atoms with van der Waals surface area (Å²) < 4.78 is 37.8. The summed E-state index contributed by atoms with van der Waals surface area (Å²) in [5.41, 5.74) is 4.59. The van der Waals surface area contributed by atoms with Crippen LogP contribution in [0, 0.1) is 0 Å². The van der Waals surface area contributed by atoms with Crippen molar-refractivity contribution >= 4 is 35.3 Å². The highest BCUT2D eigenvalue weighted by molar-refractivity contribution is 8.07. The van der Waals surface area contributed by atoms with Gasteiger partial charge >= 0.3 is 12.1 Å². The molecule has 22 heavy (non-hydrogen) atoms. The van der Waals surface area contributed by atoms with E-state index in [0.29, 0.717) is 0 Å². The molecule has 1 aromatic rings. The molecule has 0 bridgehead atoms. The van der Waals surface area contributed by atoms with Crippen molar-refractivity contribution in [3.63, 3.8) is 0 Å². The lowest BCUT2D eigenvalue weighted by atomic mass is 10.1. The molecule has 4 nitrogen and oxygen atoms in total. The number of alkyl halides is 3. The Morgan fingerprint density at radius 2 is 2.14 bits per heavy atom. The van der Waals surface area contributed by atoms with Crippen LogP contribution < -0.4 is 5.73 Å². The highest BCUT2D eigenvalue weighted by Crippen LogP contribution is 2.29. The summed E-state index contributed by atoms with van der Waals surface area (Å²) in [6.07, 6.45) is -4.52. The van der Waals surface area contributed by atoms with Crippen LogP contribution >= 0.6 is 23.5 Å². The van der Waals surface area contributed by atoms with Gasteiger partial charge in [0.2, 0.25) is 0 Å². The van der Waals surface area contributed by atoms with Gasteiger partial charge in [-0.15, -0.1) is 11.8 Å². The van der Waals surface area contributed by atoms with Crippen LogP contribution in [0.25, 0.3) is 0 Å². The molecule has 1 aliphatic heterocycles. The Kier molecular flexibility index (Phi) is 5.63. The number of carbonyl (C=O) groups is 1. The quantitative estimate of drug-likeness (QED) is 0.393. The minimum Gasteiger partial charge on any atom is -0.383 e. The molecule has 1 atom stereocenters. The molecule has 2 N–H and O–H groups in total. The Balaban J connectivity index is 2.03. The molecule has 1 saturated heterocycles. The van der Waals surface area contributed by atoms with E-state index in [0.717, 1.165) is 35.5 Å². The van der Waals surface area contributed by atoms with Crippen molar-refractivity contribution in [2.24, 2.45) is 10.9 Å². The molecule has 1 heterocycles. The molecule has 0 aromatic heterocycles. The van der Waals surface area contributed by atoms with Crippen molar-refractivity contribution in [2.75, 3.05) is 17.3 Å². The first-order valence-electron chi connectivity index (χ1n) is 6.29. The summed E-state index contributed by atoms with van der Waals surface area (Å²) in [5, 5.41) is 3.50. The van der Waals surface area contributed by atoms with E-state index in [1.165, 1.54) is 6.07 Å². The summed E-state index contributed by atoms with van der Waals surface area (Å²) in [5.74, 6) is 1.91. The first kappa shape index (κ1) is 17.0. The number of carbonyl (C=O) groups excluding carboxylic acids is 1. The zero-order valence-corrected chi connectivity index (χ0v) is 12.9. The van der Waals surface area contributed by atoms with E-state index in [4.69, 9.17) is 5.73 Å². The normalized spacial score (nSPS) is 19.8. The van der Waals surface area contributed by atoms with E-state index < -0.39 is 17.7 Å². The van der Waals surface area contributed by atoms with Gasteiger partial charge in [0.05, 0.1) is 16.4 Å². The maximum absolute atomic E-state index is 12.6. The predicted octanol–water partition coefficient (Wildman–Crippen LogP) is 2.98. The molecule has 0 unspecified atom stereocenters. The van der Waals surface area contributed by atoms with E-state index >= 15 is 0 Å². The second kappa shape index (κ2) is 7.28. The third-order valence-electron chi connectivity index (χ3n) is 2.81. The van der Waals surface area contributed by atoms with Gasteiger partial charge in [0.25, 0.3) is 0 Å². The van der Waals surface area contributed by atoms with Gasteiger partial charge in [0.15, 0.2) is 5.84 Å². The van der Waals surface area contributed by atoms with Gasteiger partial charge in [-0.1, -0.05) is 11.2 Å². The fourth-order valence-corrected chi connectivity index (χ4v) is 4.27. The molecule has 1 aliphatic rings. The van der Waals surface area contributed by atoms with Crippen molar-refractivity contribution in [3.8, 4) is 0 Å². The minimum atomic E-state index is -4.52. The standard InChI is InChI=1S/C13H13F3N2O2S2/c14-13(15,16)9-3-1-2-8(6-9)12(19)20-18-11(17)10-7-21-4-5-22-10/h1-3,6,10H,4-5,7H2,(H2,17,18)/t10-/m0/s1. The summed E-state index contributed by atoms with van der Waals surface area (Å²) in [4.78, 5) is 16.4. The molecular formula is C13H13F3N2O2S2. The maximum atomic E-state index is 12.6. The first-order valence-corrected chi connectivity index (χ1v) is 8.49. The van der Waals surface area contributed by atoms with Gasteiger partial charge in [-0.25, -0.2) is 4.79 Å². The van der Waals surface area contributed by atoms with Gasteiger partial charge in [-0.2, -0.15) is 24.9 Å². The topological polar surface area (TPSA) is 64.7 Å². The van der Waals surface area contributed by atoms with Gasteiger partial charge in [0, 0.05) is 17.3 Å². The summed E-state index contributed by atoms with van der Waals surface area (Å²) >= 11 is 3.33. The molecule has 0 amide bonds. The zero-order chi connectivity index (χ0) is 16.2. The lowest BCUT2D eigenvalue weighted by Gasteiger charge is -2.19. The number of amidine groups is 1. The second-order valence-electron chi connectivity index (χ2n) is 4.41. The van der Waals surface area contributed by atoms with Crippen molar-refractivity contribution in [2.45, 2.75) is 11.4 Å². The lowest BCUT2D eigenvalue weighted by Crippen LogP contribution is -2.31. The molecule has 0 spiro atoms. The number of oxime groups is 1. The third-order valence-corrected chi connectivity index (χ3v) is 5.59. The molecule has 120 valence electrons. The Bertz CT molecular complexity index is 573. The van der Waals surface area contributed by atoms with Crippen molar-refractivity contribution in [1.82, 2.24) is 0 Å². The summed E-state index contributed by atoms with van der Waals surface area (Å²) in [6, 6.07) is 3.97. The second-order valence-corrected chi connectivity index (χ2v) is 6.87. The molecule has 1 aromatic carbocycles. The Labute approximate surface area is 133 Å². The average molecular weight is 350 g/mol. The van der Waals surface area contributed by atoms with Crippen molar-refractivity contribution in [3.05, 3.63) is 35.4 Å². The van der Waals surface area contributed by atoms with E-state index in [9.17, 15) is 18.0 Å². The molecular weight excluding hydrogens is 337 g/mol. The van der Waals surface area contributed by atoms with E-state index in [-0.39, 0.29) is 16.6 Å². The Hall–Kier alpha value is -1.35. The Morgan fingerprint density at radius 3 is 2.77 bits per heavy atom. The minimum absolute atomic E-state index is 0.0481. The molecule has 2 rings (SSSR count). The van der Waals surface area contributed by atoms with Crippen LogP contribution in [0.3, 0.4) is 0 Å². The SMILES string of the molecule is N/C(=N/OC(=O)c1cccc(C(F)(F)F)c1)[C@@H]1CSCCS1. The molecule has 0 aliphatic carbocycles. The van der Waals surface area contributed by atoms with Gasteiger partial charge in [-0.3, -0.25) is 0 Å². The molecule has 0 radical (unpaired) electrons. The predicted molar refractivity (Wildman–Crippen MR) is 82.1 cm³/mol. The first-order chi connectivity index (χ1) is 10.4. The maximum Gasteiger partial charge on any atom is 0.416 e. The highest BCUT2D eigenvalue weighted by Gasteiger charge is 2.31. The van der Waals surface area contributed by atoms with Crippen LogP contribution in [0.15, 0.2) is 29.4 Å². The Morgan fingerprint density at radius 1 is 1.36 bits per heavy atom. The number of rotatable bonds is 3. The fourth-order valence-electron chi connectivity index (χ4n) is 1.69. The number of halogens is 3. The average Bonchev–Trinajstić information content (AvgIpc) is 2.52. The zero-order valence-electron chi connectivity index (χ0n) is 11.3. The monoisotopic (exact) mass is 350 g/mol. The summed E-state index contributed by atoms with van der Waals surface area (Å²) in [6.45, 7) is 0. The molecule has 1 fully saturated rings.